The molecular weight excluding hydrogens is 270 g/mol. The van der Waals surface area contributed by atoms with Crippen molar-refractivity contribution in [3.8, 4) is 5.75 Å². The van der Waals surface area contributed by atoms with Crippen molar-refractivity contribution in [2.75, 3.05) is 13.2 Å². The van der Waals surface area contributed by atoms with E-state index in [1.54, 1.807) is 35.2 Å². The Labute approximate surface area is 123 Å². The second kappa shape index (κ2) is 6.92. The van der Waals surface area contributed by atoms with Gasteiger partial charge >= 0.3 is 5.97 Å². The molecular formula is C16H19NO4. The fraction of sp³-hybridized carbons (Fsp3) is 0.375. The zero-order valence-electron chi connectivity index (χ0n) is 11.8. The first-order chi connectivity index (χ1) is 10.1. The maximum absolute atomic E-state index is 12.6. The average Bonchev–Trinajstić information content (AvgIpc) is 3.30. The molecule has 1 fully saturated rings. The molecule has 21 heavy (non-hydrogen) atoms. The van der Waals surface area contributed by atoms with Crippen LogP contribution in [0, 0.1) is 0 Å². The molecule has 0 unspecified atom stereocenters. The van der Waals surface area contributed by atoms with Crippen molar-refractivity contribution in [1.29, 1.82) is 0 Å². The monoisotopic (exact) mass is 289 g/mol. The highest BCUT2D eigenvalue weighted by Crippen LogP contribution is 2.30. The number of carboxylic acids is 1. The minimum Gasteiger partial charge on any atom is -0.489 e. The van der Waals surface area contributed by atoms with E-state index in [4.69, 9.17) is 9.84 Å². The zero-order valence-corrected chi connectivity index (χ0v) is 11.8. The molecule has 1 aliphatic carbocycles. The van der Waals surface area contributed by atoms with Gasteiger partial charge in [-0.1, -0.05) is 24.8 Å². The molecule has 5 nitrogen and oxygen atoms in total. The summed E-state index contributed by atoms with van der Waals surface area (Å²) in [4.78, 5) is 25.0. The van der Waals surface area contributed by atoms with E-state index in [-0.39, 0.29) is 24.9 Å². The number of amides is 1. The van der Waals surface area contributed by atoms with Gasteiger partial charge in [-0.3, -0.25) is 9.59 Å². The normalized spacial score (nSPS) is 13.5. The summed E-state index contributed by atoms with van der Waals surface area (Å²) in [6.07, 6.45) is 3.43. The van der Waals surface area contributed by atoms with E-state index in [1.807, 2.05) is 0 Å². The second-order valence-corrected chi connectivity index (χ2v) is 4.97. The lowest BCUT2D eigenvalue weighted by Gasteiger charge is -2.22. The number of ether oxygens (including phenoxy) is 1. The molecule has 5 heteroatoms. The SMILES string of the molecule is C=CCOc1ccccc1C(=O)N(CCC(=O)O)C1CC1. The molecule has 1 aromatic rings. The molecule has 112 valence electrons. The van der Waals surface area contributed by atoms with Crippen LogP contribution >= 0.6 is 0 Å². The number of rotatable bonds is 8. The number of benzene rings is 1. The minimum atomic E-state index is -0.898. The predicted octanol–water partition coefficient (Wildman–Crippen LogP) is 2.33. The molecule has 0 spiro atoms. The van der Waals surface area contributed by atoms with Crippen molar-refractivity contribution in [2.45, 2.75) is 25.3 Å². The van der Waals surface area contributed by atoms with Gasteiger partial charge in [-0.25, -0.2) is 0 Å². The second-order valence-electron chi connectivity index (χ2n) is 4.97. The standard InChI is InChI=1S/C16H19NO4/c1-2-11-21-14-6-4-3-5-13(14)16(20)17(12-7-8-12)10-9-15(18)19/h2-6,12H,1,7-11H2,(H,18,19). The van der Waals surface area contributed by atoms with Crippen LogP contribution in [0.2, 0.25) is 0 Å². The van der Waals surface area contributed by atoms with Gasteiger partial charge in [0.15, 0.2) is 0 Å². The van der Waals surface area contributed by atoms with E-state index in [0.29, 0.717) is 17.9 Å². The highest BCUT2D eigenvalue weighted by Gasteiger charge is 2.34. The molecule has 1 amide bonds. The molecule has 0 radical (unpaired) electrons. The van der Waals surface area contributed by atoms with Gasteiger partial charge in [0.25, 0.3) is 5.91 Å². The molecule has 0 heterocycles. The minimum absolute atomic E-state index is 0.0437. The van der Waals surface area contributed by atoms with Gasteiger partial charge in [0, 0.05) is 12.6 Å². The Morgan fingerprint density at radius 2 is 2.10 bits per heavy atom. The van der Waals surface area contributed by atoms with Crippen LogP contribution in [0.15, 0.2) is 36.9 Å². The Morgan fingerprint density at radius 1 is 1.38 bits per heavy atom. The van der Waals surface area contributed by atoms with Crippen LogP contribution in [0.1, 0.15) is 29.6 Å². The first-order valence-electron chi connectivity index (χ1n) is 6.99. The number of hydrogen-bond acceptors (Lipinski definition) is 3. The van der Waals surface area contributed by atoms with Crippen molar-refractivity contribution >= 4 is 11.9 Å². The summed E-state index contributed by atoms with van der Waals surface area (Å²) >= 11 is 0. The number of hydrogen-bond donors (Lipinski definition) is 1. The topological polar surface area (TPSA) is 66.8 Å². The largest absolute Gasteiger partial charge is 0.489 e. The molecule has 0 atom stereocenters. The smallest absolute Gasteiger partial charge is 0.305 e. The number of para-hydroxylation sites is 1. The molecule has 1 aromatic carbocycles. The van der Waals surface area contributed by atoms with Crippen LogP contribution in [0.5, 0.6) is 5.75 Å². The van der Waals surface area contributed by atoms with Gasteiger partial charge in [-0.2, -0.15) is 0 Å². The third-order valence-electron chi connectivity index (χ3n) is 3.29. The lowest BCUT2D eigenvalue weighted by atomic mass is 10.1. The first-order valence-corrected chi connectivity index (χ1v) is 6.99. The maximum Gasteiger partial charge on any atom is 0.305 e. The Bertz CT molecular complexity index is 537. The van der Waals surface area contributed by atoms with Crippen molar-refractivity contribution in [3.05, 3.63) is 42.5 Å². The lowest BCUT2D eigenvalue weighted by molar-refractivity contribution is -0.137. The molecule has 0 aliphatic heterocycles. The van der Waals surface area contributed by atoms with Crippen LogP contribution < -0.4 is 4.74 Å². The van der Waals surface area contributed by atoms with E-state index in [1.165, 1.54) is 0 Å². The third kappa shape index (κ3) is 4.08. The molecule has 1 saturated carbocycles. The van der Waals surface area contributed by atoms with Gasteiger partial charge in [0.2, 0.25) is 0 Å². The van der Waals surface area contributed by atoms with E-state index in [2.05, 4.69) is 6.58 Å². The van der Waals surface area contributed by atoms with Crippen molar-refractivity contribution in [2.24, 2.45) is 0 Å². The van der Waals surface area contributed by atoms with Gasteiger partial charge in [-0.05, 0) is 25.0 Å². The summed E-state index contributed by atoms with van der Waals surface area (Å²) in [5.41, 5.74) is 0.469. The third-order valence-corrected chi connectivity index (χ3v) is 3.29. The Balaban J connectivity index is 2.16. The van der Waals surface area contributed by atoms with Crippen molar-refractivity contribution in [3.63, 3.8) is 0 Å². The number of carboxylic acid groups (broad SMARTS) is 1. The summed E-state index contributed by atoms with van der Waals surface area (Å²) in [5, 5.41) is 8.81. The fourth-order valence-electron chi connectivity index (χ4n) is 2.12. The number of carbonyl (C=O) groups is 2. The Kier molecular flexibility index (Phi) is 4.98. The van der Waals surface area contributed by atoms with Crippen molar-refractivity contribution < 1.29 is 19.4 Å². The van der Waals surface area contributed by atoms with Crippen LogP contribution in [-0.2, 0) is 4.79 Å². The summed E-state index contributed by atoms with van der Waals surface area (Å²) in [6.45, 7) is 4.14. The summed E-state index contributed by atoms with van der Waals surface area (Å²) in [6, 6.07) is 7.17. The molecule has 2 rings (SSSR count). The number of carbonyl (C=O) groups excluding carboxylic acids is 1. The van der Waals surface area contributed by atoms with Gasteiger partial charge in [-0.15, -0.1) is 0 Å². The number of nitrogens with zero attached hydrogens (tertiary/aromatic N) is 1. The summed E-state index contributed by atoms with van der Waals surface area (Å²) < 4.78 is 5.50. The van der Waals surface area contributed by atoms with Crippen LogP contribution in [0.4, 0.5) is 0 Å². The van der Waals surface area contributed by atoms with Gasteiger partial charge in [0.1, 0.15) is 12.4 Å². The molecule has 1 aliphatic rings. The predicted molar refractivity (Wildman–Crippen MR) is 78.4 cm³/mol. The number of aliphatic carboxylic acids is 1. The average molecular weight is 289 g/mol. The zero-order chi connectivity index (χ0) is 15.2. The summed E-state index contributed by atoms with van der Waals surface area (Å²) in [5.74, 6) is -0.563. The van der Waals surface area contributed by atoms with E-state index in [0.717, 1.165) is 12.8 Å². The van der Waals surface area contributed by atoms with Crippen LogP contribution in [0.25, 0.3) is 0 Å². The van der Waals surface area contributed by atoms with E-state index < -0.39 is 5.97 Å². The van der Waals surface area contributed by atoms with Gasteiger partial charge in [0.05, 0.1) is 12.0 Å². The Morgan fingerprint density at radius 3 is 2.71 bits per heavy atom. The van der Waals surface area contributed by atoms with Crippen molar-refractivity contribution in [1.82, 2.24) is 4.90 Å². The van der Waals surface area contributed by atoms with Gasteiger partial charge < -0.3 is 14.7 Å². The fourth-order valence-corrected chi connectivity index (χ4v) is 2.12. The summed E-state index contributed by atoms with van der Waals surface area (Å²) in [7, 11) is 0. The van der Waals surface area contributed by atoms with E-state index >= 15 is 0 Å². The quantitative estimate of drug-likeness (QED) is 0.746. The molecule has 0 saturated heterocycles. The van der Waals surface area contributed by atoms with Crippen LogP contribution in [-0.4, -0.2) is 41.1 Å². The highest BCUT2D eigenvalue weighted by atomic mass is 16.5. The highest BCUT2D eigenvalue weighted by molar-refractivity contribution is 5.97. The molecule has 0 bridgehead atoms. The molecule has 0 aromatic heterocycles. The lowest BCUT2D eigenvalue weighted by Crippen LogP contribution is -2.35. The Hall–Kier alpha value is -2.30. The van der Waals surface area contributed by atoms with Crippen LogP contribution in [0.3, 0.4) is 0 Å². The first kappa shape index (κ1) is 15.1. The van der Waals surface area contributed by atoms with E-state index in [9.17, 15) is 9.59 Å². The molecule has 1 N–H and O–H groups in total. The maximum atomic E-state index is 12.6.